The largest absolute Gasteiger partial charge is 0.452 e. The van der Waals surface area contributed by atoms with Crippen LogP contribution < -0.4 is 0 Å². The van der Waals surface area contributed by atoms with Crippen molar-refractivity contribution >= 4 is 22.9 Å². The highest BCUT2D eigenvalue weighted by molar-refractivity contribution is 6.02. The third-order valence-electron chi connectivity index (χ3n) is 6.17. The number of ether oxygens (including phenoxy) is 1. The van der Waals surface area contributed by atoms with Crippen molar-refractivity contribution in [3.05, 3.63) is 36.2 Å². The molecule has 0 radical (unpaired) electrons. The fourth-order valence-electron chi connectivity index (χ4n) is 5.05. The van der Waals surface area contributed by atoms with E-state index in [1.807, 2.05) is 4.90 Å². The summed E-state index contributed by atoms with van der Waals surface area (Å²) in [4.78, 5) is 35.7. The molecule has 1 aromatic heterocycles. The van der Waals surface area contributed by atoms with Gasteiger partial charge in [0.25, 0.3) is 5.91 Å². The summed E-state index contributed by atoms with van der Waals surface area (Å²) in [6.07, 6.45) is 6.28. The molecule has 1 saturated heterocycles. The standard InChI is InChI=1S/C21H25N3O3/c1-20(2)13-21(3)7-10-24(16(20)11-21)17(25)12-27-19(26)14-5-4-6-15-18(14)23-9-8-22-15/h4-6,8-9,16H,7,10-13H2,1-3H3. The van der Waals surface area contributed by atoms with Crippen molar-refractivity contribution in [3.8, 4) is 0 Å². The first kappa shape index (κ1) is 17.9. The zero-order valence-electron chi connectivity index (χ0n) is 16.1. The topological polar surface area (TPSA) is 72.4 Å². The summed E-state index contributed by atoms with van der Waals surface area (Å²) in [6, 6.07) is 5.39. The van der Waals surface area contributed by atoms with Crippen LogP contribution in [0.15, 0.2) is 30.6 Å². The smallest absolute Gasteiger partial charge is 0.340 e. The Balaban J connectivity index is 1.46. The predicted molar refractivity (Wildman–Crippen MR) is 101 cm³/mol. The Bertz CT molecular complexity index is 905. The number of hydrogen-bond acceptors (Lipinski definition) is 5. The van der Waals surface area contributed by atoms with Gasteiger partial charge in [0, 0.05) is 25.0 Å². The van der Waals surface area contributed by atoms with E-state index in [0.29, 0.717) is 22.0 Å². The zero-order valence-corrected chi connectivity index (χ0v) is 16.1. The van der Waals surface area contributed by atoms with Gasteiger partial charge in [-0.3, -0.25) is 14.8 Å². The molecular weight excluding hydrogens is 342 g/mol. The van der Waals surface area contributed by atoms with Crippen molar-refractivity contribution in [1.82, 2.24) is 14.9 Å². The van der Waals surface area contributed by atoms with E-state index in [4.69, 9.17) is 4.74 Å². The number of carbonyl (C=O) groups is 2. The van der Waals surface area contributed by atoms with E-state index in [-0.39, 0.29) is 24.0 Å². The van der Waals surface area contributed by atoms with Crippen LogP contribution in [0.25, 0.3) is 11.0 Å². The average Bonchev–Trinajstić information content (AvgIpc) is 2.83. The number of amides is 1. The van der Waals surface area contributed by atoms with Gasteiger partial charge in [0.2, 0.25) is 0 Å². The number of rotatable bonds is 3. The number of likely N-dealkylation sites (tertiary alicyclic amines) is 1. The number of esters is 1. The van der Waals surface area contributed by atoms with Crippen molar-refractivity contribution in [2.75, 3.05) is 13.2 Å². The second-order valence-electron chi connectivity index (χ2n) is 8.84. The summed E-state index contributed by atoms with van der Waals surface area (Å²) in [5, 5.41) is 0. The van der Waals surface area contributed by atoms with E-state index in [9.17, 15) is 9.59 Å². The highest BCUT2D eigenvalue weighted by atomic mass is 16.5. The van der Waals surface area contributed by atoms with Crippen LogP contribution in [0.1, 0.15) is 50.4 Å². The van der Waals surface area contributed by atoms with Gasteiger partial charge >= 0.3 is 5.97 Å². The lowest BCUT2D eigenvalue weighted by molar-refractivity contribution is -0.140. The Hall–Kier alpha value is -2.50. The maximum absolute atomic E-state index is 12.8. The number of para-hydroxylation sites is 1. The fourth-order valence-corrected chi connectivity index (χ4v) is 5.05. The molecule has 1 aliphatic heterocycles. The lowest BCUT2D eigenvalue weighted by Crippen LogP contribution is -2.49. The van der Waals surface area contributed by atoms with Crippen LogP contribution in [0.3, 0.4) is 0 Å². The summed E-state index contributed by atoms with van der Waals surface area (Å²) in [5.41, 5.74) is 1.87. The van der Waals surface area contributed by atoms with Gasteiger partial charge in [-0.1, -0.05) is 26.8 Å². The molecule has 2 aromatic rings. The number of aromatic nitrogens is 2. The molecule has 6 heteroatoms. The highest BCUT2D eigenvalue weighted by Crippen LogP contribution is 2.55. The third kappa shape index (κ3) is 3.17. The summed E-state index contributed by atoms with van der Waals surface area (Å²) >= 11 is 0. The SMILES string of the molecule is CC12CCN(C(=O)COC(=O)c3cccc4nccnc34)C(C1)C(C)(C)C2. The highest BCUT2D eigenvalue weighted by Gasteiger charge is 2.53. The maximum atomic E-state index is 12.8. The molecule has 1 amide bonds. The van der Waals surface area contributed by atoms with E-state index in [0.717, 1.165) is 25.8 Å². The minimum absolute atomic E-state index is 0.0934. The van der Waals surface area contributed by atoms with Crippen LogP contribution >= 0.6 is 0 Å². The molecule has 2 fully saturated rings. The summed E-state index contributed by atoms with van der Waals surface area (Å²) in [5.74, 6) is -0.654. The normalized spacial score (nSPS) is 26.2. The summed E-state index contributed by atoms with van der Waals surface area (Å²) in [6.45, 7) is 7.28. The first-order chi connectivity index (χ1) is 12.8. The molecule has 2 atom stereocenters. The van der Waals surface area contributed by atoms with Crippen LogP contribution in [0.4, 0.5) is 0 Å². The molecule has 27 heavy (non-hydrogen) atoms. The van der Waals surface area contributed by atoms with Gasteiger partial charge in [0.15, 0.2) is 6.61 Å². The Morgan fingerprint density at radius 1 is 1.22 bits per heavy atom. The van der Waals surface area contributed by atoms with Crippen molar-refractivity contribution in [3.63, 3.8) is 0 Å². The molecular formula is C21H25N3O3. The quantitative estimate of drug-likeness (QED) is 0.779. The monoisotopic (exact) mass is 367 g/mol. The van der Waals surface area contributed by atoms with Gasteiger partial charge in [-0.25, -0.2) is 4.79 Å². The lowest BCUT2D eigenvalue weighted by atomic mass is 9.81. The van der Waals surface area contributed by atoms with Crippen molar-refractivity contribution in [2.45, 2.75) is 46.1 Å². The molecule has 2 unspecified atom stereocenters. The van der Waals surface area contributed by atoms with Crippen LogP contribution in [-0.4, -0.2) is 45.9 Å². The Kier molecular flexibility index (Phi) is 4.17. The molecule has 0 spiro atoms. The number of carbonyl (C=O) groups excluding carboxylic acids is 2. The Morgan fingerprint density at radius 2 is 2.00 bits per heavy atom. The van der Waals surface area contributed by atoms with Crippen LogP contribution in [-0.2, 0) is 9.53 Å². The Morgan fingerprint density at radius 3 is 2.81 bits per heavy atom. The van der Waals surface area contributed by atoms with E-state index in [1.54, 1.807) is 24.4 Å². The fraction of sp³-hybridized carbons (Fsp3) is 0.524. The predicted octanol–water partition coefficient (Wildman–Crippen LogP) is 3.21. The van der Waals surface area contributed by atoms with Gasteiger partial charge in [0.1, 0.15) is 5.52 Å². The van der Waals surface area contributed by atoms with E-state index in [2.05, 4.69) is 30.7 Å². The van der Waals surface area contributed by atoms with Crippen LogP contribution in [0.2, 0.25) is 0 Å². The summed E-state index contributed by atoms with van der Waals surface area (Å²) in [7, 11) is 0. The van der Waals surface area contributed by atoms with Crippen molar-refractivity contribution in [1.29, 1.82) is 0 Å². The maximum Gasteiger partial charge on any atom is 0.340 e. The lowest BCUT2D eigenvalue weighted by Gasteiger charge is -2.40. The van der Waals surface area contributed by atoms with Crippen LogP contribution in [0.5, 0.6) is 0 Å². The van der Waals surface area contributed by atoms with Gasteiger partial charge in [0.05, 0.1) is 11.1 Å². The number of hydrogen-bond donors (Lipinski definition) is 0. The Labute approximate surface area is 158 Å². The second-order valence-corrected chi connectivity index (χ2v) is 8.84. The minimum atomic E-state index is -0.540. The molecule has 2 heterocycles. The van der Waals surface area contributed by atoms with Crippen molar-refractivity contribution in [2.24, 2.45) is 10.8 Å². The van der Waals surface area contributed by atoms with Crippen LogP contribution in [0, 0.1) is 10.8 Å². The van der Waals surface area contributed by atoms with Gasteiger partial charge in [-0.15, -0.1) is 0 Å². The summed E-state index contributed by atoms with van der Waals surface area (Å²) < 4.78 is 5.35. The van der Waals surface area contributed by atoms with E-state index >= 15 is 0 Å². The van der Waals surface area contributed by atoms with E-state index in [1.165, 1.54) is 6.20 Å². The number of fused-ring (bicyclic) bond motifs is 3. The molecule has 2 bridgehead atoms. The first-order valence-corrected chi connectivity index (χ1v) is 9.45. The van der Waals surface area contributed by atoms with E-state index < -0.39 is 5.97 Å². The third-order valence-corrected chi connectivity index (χ3v) is 6.17. The number of nitrogens with zero attached hydrogens (tertiary/aromatic N) is 3. The zero-order chi connectivity index (χ0) is 19.2. The number of piperidine rings is 1. The first-order valence-electron chi connectivity index (χ1n) is 9.45. The van der Waals surface area contributed by atoms with Gasteiger partial charge in [-0.2, -0.15) is 0 Å². The molecule has 4 rings (SSSR count). The molecule has 6 nitrogen and oxygen atoms in total. The average molecular weight is 367 g/mol. The van der Waals surface area contributed by atoms with Gasteiger partial charge < -0.3 is 9.64 Å². The van der Waals surface area contributed by atoms with Crippen molar-refractivity contribution < 1.29 is 14.3 Å². The molecule has 0 N–H and O–H groups in total. The molecule has 2 aliphatic rings. The molecule has 1 aromatic carbocycles. The van der Waals surface area contributed by atoms with Gasteiger partial charge in [-0.05, 0) is 42.2 Å². The second kappa shape index (κ2) is 6.29. The minimum Gasteiger partial charge on any atom is -0.452 e. The molecule has 1 aliphatic carbocycles. The number of benzene rings is 1. The molecule has 1 saturated carbocycles. The molecule has 142 valence electrons.